The molecule has 0 fully saturated rings. The van der Waals surface area contributed by atoms with Gasteiger partial charge in [-0.25, -0.2) is 21.8 Å². The number of likely N-dealkylation sites (N-methyl/N-ethyl adjacent to an activating group) is 1. The molecule has 0 aliphatic rings. The van der Waals surface area contributed by atoms with E-state index in [2.05, 4.69) is 4.98 Å². The maximum absolute atomic E-state index is 13.6. The van der Waals surface area contributed by atoms with Gasteiger partial charge >= 0.3 is 0 Å². The van der Waals surface area contributed by atoms with E-state index in [9.17, 15) is 21.6 Å². The lowest BCUT2D eigenvalue weighted by atomic mass is 10.2. The number of aromatic nitrogens is 1. The second-order valence-corrected chi connectivity index (χ2v) is 14.0. The van der Waals surface area contributed by atoms with E-state index in [1.54, 1.807) is 12.1 Å². The molecular formula is C25H34N4O5S3. The number of carbonyl (C=O) groups is 1. The van der Waals surface area contributed by atoms with Crippen molar-refractivity contribution in [2.75, 3.05) is 51.4 Å². The summed E-state index contributed by atoms with van der Waals surface area (Å²) in [4.78, 5) is 21.9. The molecule has 202 valence electrons. The van der Waals surface area contributed by atoms with E-state index in [0.29, 0.717) is 59.9 Å². The maximum Gasteiger partial charge on any atom is 0.260 e. The Balaban J connectivity index is 1.99. The molecule has 0 aliphatic carbocycles. The summed E-state index contributed by atoms with van der Waals surface area (Å²) in [5, 5.41) is 0.381. The van der Waals surface area contributed by atoms with Crippen LogP contribution in [0.4, 0.5) is 5.13 Å². The first-order valence-corrected chi connectivity index (χ1v) is 16.2. The largest absolute Gasteiger partial charge is 0.308 e. The Kier molecular flexibility index (Phi) is 9.46. The molecule has 0 saturated heterocycles. The van der Waals surface area contributed by atoms with E-state index < -0.39 is 19.9 Å². The summed E-state index contributed by atoms with van der Waals surface area (Å²) in [5.74, 6) is -0.343. The van der Waals surface area contributed by atoms with Crippen molar-refractivity contribution in [1.82, 2.24) is 14.2 Å². The Morgan fingerprint density at radius 1 is 0.892 bits per heavy atom. The summed E-state index contributed by atoms with van der Waals surface area (Å²) in [6.45, 7) is 5.60. The van der Waals surface area contributed by atoms with Crippen molar-refractivity contribution in [3.8, 4) is 0 Å². The smallest absolute Gasteiger partial charge is 0.260 e. The zero-order valence-electron chi connectivity index (χ0n) is 21.8. The molecule has 0 spiro atoms. The number of para-hydroxylation sites is 1. The van der Waals surface area contributed by atoms with Gasteiger partial charge in [0.1, 0.15) is 5.52 Å². The van der Waals surface area contributed by atoms with Crippen LogP contribution in [0.15, 0.2) is 52.3 Å². The first-order chi connectivity index (χ1) is 17.4. The zero-order chi connectivity index (χ0) is 27.4. The highest BCUT2D eigenvalue weighted by Gasteiger charge is 2.26. The Labute approximate surface area is 223 Å². The van der Waals surface area contributed by atoms with Crippen molar-refractivity contribution in [2.24, 2.45) is 0 Å². The number of carbonyl (C=O) groups excluding carboxylic acids is 1. The van der Waals surface area contributed by atoms with Gasteiger partial charge in [-0.3, -0.25) is 9.69 Å². The highest BCUT2D eigenvalue weighted by molar-refractivity contribution is 7.91. The van der Waals surface area contributed by atoms with Crippen molar-refractivity contribution in [3.05, 3.63) is 48.0 Å². The van der Waals surface area contributed by atoms with Gasteiger partial charge in [0.15, 0.2) is 15.0 Å². The lowest BCUT2D eigenvalue weighted by Gasteiger charge is -2.23. The molecule has 1 amide bonds. The molecule has 0 aliphatic heterocycles. The second kappa shape index (κ2) is 12.0. The number of rotatable bonds is 12. The van der Waals surface area contributed by atoms with Crippen LogP contribution in [-0.4, -0.2) is 83.5 Å². The highest BCUT2D eigenvalue weighted by Crippen LogP contribution is 2.33. The SMILES string of the molecule is CCCN(CCC)S(=O)(=O)c1ccc(C(=O)N(CCN(C)C)c2nc3c(S(C)(=O)=O)cccc3s2)cc1. The highest BCUT2D eigenvalue weighted by atomic mass is 32.2. The van der Waals surface area contributed by atoms with Crippen LogP contribution in [0.3, 0.4) is 0 Å². The maximum atomic E-state index is 13.6. The minimum absolute atomic E-state index is 0.116. The van der Waals surface area contributed by atoms with E-state index in [0.717, 1.165) is 6.26 Å². The molecule has 9 nitrogen and oxygen atoms in total. The normalized spacial score (nSPS) is 12.5. The second-order valence-electron chi connectivity index (χ2n) is 9.06. The van der Waals surface area contributed by atoms with Gasteiger partial charge in [0.25, 0.3) is 5.91 Å². The summed E-state index contributed by atoms with van der Waals surface area (Å²) in [5.41, 5.74) is 0.652. The lowest BCUT2D eigenvalue weighted by molar-refractivity contribution is 0.0985. The van der Waals surface area contributed by atoms with Crippen molar-refractivity contribution in [3.63, 3.8) is 0 Å². The number of thiazole rings is 1. The fraction of sp³-hybridized carbons (Fsp3) is 0.440. The summed E-state index contributed by atoms with van der Waals surface area (Å²) in [6.07, 6.45) is 2.55. The van der Waals surface area contributed by atoms with Crippen LogP contribution in [0.1, 0.15) is 37.0 Å². The molecule has 0 bridgehead atoms. The van der Waals surface area contributed by atoms with Crippen LogP contribution < -0.4 is 4.90 Å². The fourth-order valence-electron chi connectivity index (χ4n) is 3.84. The van der Waals surface area contributed by atoms with E-state index in [-0.39, 0.29) is 15.7 Å². The van der Waals surface area contributed by atoms with Crippen molar-refractivity contribution in [2.45, 2.75) is 36.5 Å². The van der Waals surface area contributed by atoms with Crippen LogP contribution >= 0.6 is 11.3 Å². The Hall–Kier alpha value is -2.38. The number of hydrogen-bond acceptors (Lipinski definition) is 8. The molecule has 3 rings (SSSR count). The number of amides is 1. The predicted octanol–water partition coefficient (Wildman–Crippen LogP) is 3.72. The van der Waals surface area contributed by atoms with Crippen LogP contribution in [-0.2, 0) is 19.9 Å². The molecule has 0 atom stereocenters. The third kappa shape index (κ3) is 6.74. The average molecular weight is 567 g/mol. The number of nitrogens with zero attached hydrogens (tertiary/aromatic N) is 4. The fourth-order valence-corrected chi connectivity index (χ4v) is 7.37. The van der Waals surface area contributed by atoms with Gasteiger partial charge in [-0.05, 0) is 63.3 Å². The predicted molar refractivity (Wildman–Crippen MR) is 149 cm³/mol. The van der Waals surface area contributed by atoms with Crippen molar-refractivity contribution >= 4 is 52.5 Å². The molecule has 12 heteroatoms. The number of anilines is 1. The number of sulfonamides is 1. The minimum Gasteiger partial charge on any atom is -0.308 e. The molecule has 0 radical (unpaired) electrons. The van der Waals surface area contributed by atoms with Gasteiger partial charge in [-0.2, -0.15) is 4.31 Å². The topological polar surface area (TPSA) is 108 Å². The molecule has 37 heavy (non-hydrogen) atoms. The Bertz CT molecular complexity index is 1440. The van der Waals surface area contributed by atoms with E-state index in [1.807, 2.05) is 32.8 Å². The van der Waals surface area contributed by atoms with Crippen LogP contribution in [0.5, 0.6) is 0 Å². The van der Waals surface area contributed by atoms with Crippen molar-refractivity contribution < 1.29 is 21.6 Å². The monoisotopic (exact) mass is 566 g/mol. The summed E-state index contributed by atoms with van der Waals surface area (Å²) >= 11 is 1.24. The first kappa shape index (κ1) is 29.2. The van der Waals surface area contributed by atoms with Crippen LogP contribution in [0.2, 0.25) is 0 Å². The van der Waals surface area contributed by atoms with E-state index in [1.165, 1.54) is 50.9 Å². The minimum atomic E-state index is -3.66. The Morgan fingerprint density at radius 3 is 2.05 bits per heavy atom. The molecule has 0 saturated carbocycles. The van der Waals surface area contributed by atoms with Crippen molar-refractivity contribution in [1.29, 1.82) is 0 Å². The lowest BCUT2D eigenvalue weighted by Crippen LogP contribution is -2.37. The molecule has 1 heterocycles. The van der Waals surface area contributed by atoms with Gasteiger partial charge in [-0.15, -0.1) is 0 Å². The third-order valence-corrected chi connectivity index (χ3v) is 9.79. The quantitative estimate of drug-likeness (QED) is 0.329. The summed E-state index contributed by atoms with van der Waals surface area (Å²) in [6, 6.07) is 10.9. The van der Waals surface area contributed by atoms with Gasteiger partial charge in [0.2, 0.25) is 10.0 Å². The summed E-state index contributed by atoms with van der Waals surface area (Å²) < 4.78 is 52.9. The number of fused-ring (bicyclic) bond motifs is 1. The molecule has 0 unspecified atom stereocenters. The third-order valence-electron chi connectivity index (χ3n) is 5.70. The van der Waals surface area contributed by atoms with E-state index >= 15 is 0 Å². The molecule has 0 N–H and O–H groups in total. The average Bonchev–Trinajstić information content (AvgIpc) is 3.27. The summed E-state index contributed by atoms with van der Waals surface area (Å²) in [7, 11) is -3.39. The van der Waals surface area contributed by atoms with Crippen LogP contribution in [0.25, 0.3) is 10.2 Å². The molecule has 3 aromatic rings. The standard InChI is InChI=1S/C25H34N4O5S3/c1-6-15-28(16-7-2)37(33,34)20-13-11-19(12-14-20)24(30)29(18-17-27(3)4)25-26-23-21(35-25)9-8-10-22(23)36(5,31)32/h8-14H,6-7,15-18H2,1-5H3. The van der Waals surface area contributed by atoms with Crippen LogP contribution in [0, 0.1) is 0 Å². The van der Waals surface area contributed by atoms with Gasteiger partial charge in [0.05, 0.1) is 14.5 Å². The number of hydrogen-bond donors (Lipinski definition) is 0. The molecule has 2 aromatic carbocycles. The molecular weight excluding hydrogens is 532 g/mol. The van der Waals surface area contributed by atoms with Gasteiger partial charge < -0.3 is 4.90 Å². The first-order valence-electron chi connectivity index (χ1n) is 12.1. The number of sulfone groups is 1. The van der Waals surface area contributed by atoms with Gasteiger partial charge in [-0.1, -0.05) is 31.3 Å². The zero-order valence-corrected chi connectivity index (χ0v) is 24.3. The molecule has 1 aromatic heterocycles. The number of benzene rings is 2. The van der Waals surface area contributed by atoms with Gasteiger partial charge in [0, 0.05) is 38.0 Å². The van der Waals surface area contributed by atoms with E-state index in [4.69, 9.17) is 0 Å². The Morgan fingerprint density at radius 2 is 1.51 bits per heavy atom.